The number of benzene rings is 1. The molecule has 0 aliphatic carbocycles. The van der Waals surface area contributed by atoms with Gasteiger partial charge in [0.2, 0.25) is 0 Å². The highest BCUT2D eigenvalue weighted by Crippen LogP contribution is 2.36. The molecule has 0 saturated carbocycles. The maximum Gasteiger partial charge on any atom is 0.162 e. The summed E-state index contributed by atoms with van der Waals surface area (Å²) in [6, 6.07) is 4.35. The fraction of sp³-hybridized carbons (Fsp3) is 0.600. The first-order valence-electron chi connectivity index (χ1n) is 6.97. The van der Waals surface area contributed by atoms with Gasteiger partial charge in [0, 0.05) is 23.6 Å². The van der Waals surface area contributed by atoms with Crippen molar-refractivity contribution in [3.63, 3.8) is 0 Å². The first-order chi connectivity index (χ1) is 9.47. The molecule has 0 fully saturated rings. The van der Waals surface area contributed by atoms with E-state index in [2.05, 4.69) is 34.7 Å². The van der Waals surface area contributed by atoms with Crippen molar-refractivity contribution < 1.29 is 14.6 Å². The maximum absolute atomic E-state index is 9.61. The molecule has 0 bridgehead atoms. The highest BCUT2D eigenvalue weighted by Gasteiger charge is 2.18. The molecule has 1 heterocycles. The fourth-order valence-electron chi connectivity index (χ4n) is 2.24. The molecule has 5 heteroatoms. The topological polar surface area (TPSA) is 41.9 Å². The van der Waals surface area contributed by atoms with Gasteiger partial charge >= 0.3 is 0 Å². The molecule has 1 atom stereocenters. The van der Waals surface area contributed by atoms with Gasteiger partial charge in [-0.1, -0.05) is 15.9 Å². The van der Waals surface area contributed by atoms with Gasteiger partial charge in [-0.15, -0.1) is 0 Å². The van der Waals surface area contributed by atoms with E-state index in [1.807, 2.05) is 19.1 Å². The molecule has 112 valence electrons. The molecule has 0 aromatic heterocycles. The molecule has 0 amide bonds. The molecule has 1 aromatic rings. The number of halogens is 1. The minimum Gasteiger partial charge on any atom is -0.486 e. The van der Waals surface area contributed by atoms with Gasteiger partial charge < -0.3 is 14.6 Å². The van der Waals surface area contributed by atoms with Crippen LogP contribution in [0.5, 0.6) is 11.5 Å². The van der Waals surface area contributed by atoms with Gasteiger partial charge in [0.15, 0.2) is 11.5 Å². The molecular weight excluding hydrogens is 322 g/mol. The smallest absolute Gasteiger partial charge is 0.162 e. The summed E-state index contributed by atoms with van der Waals surface area (Å²) in [7, 11) is 0. The predicted octanol–water partition coefficient (Wildman–Crippen LogP) is 2.81. The number of ether oxygens (including phenoxy) is 2. The lowest BCUT2D eigenvalue weighted by Gasteiger charge is -2.29. The van der Waals surface area contributed by atoms with Crippen LogP contribution in [0, 0.1) is 0 Å². The van der Waals surface area contributed by atoms with Gasteiger partial charge in [0.25, 0.3) is 0 Å². The average molecular weight is 344 g/mol. The number of aliphatic hydroxyl groups excluding tert-OH is 1. The van der Waals surface area contributed by atoms with Crippen LogP contribution in [0.25, 0.3) is 0 Å². The van der Waals surface area contributed by atoms with Crippen LogP contribution in [0.1, 0.15) is 26.3 Å². The van der Waals surface area contributed by atoms with E-state index in [0.29, 0.717) is 25.8 Å². The highest BCUT2D eigenvalue weighted by molar-refractivity contribution is 9.10. The van der Waals surface area contributed by atoms with Crippen molar-refractivity contribution >= 4 is 15.9 Å². The van der Waals surface area contributed by atoms with E-state index in [-0.39, 0.29) is 6.10 Å². The van der Waals surface area contributed by atoms with Crippen LogP contribution in [0.2, 0.25) is 0 Å². The summed E-state index contributed by atoms with van der Waals surface area (Å²) in [4.78, 5) is 2.24. The Kier molecular flexibility index (Phi) is 5.29. The van der Waals surface area contributed by atoms with Crippen molar-refractivity contribution in [1.29, 1.82) is 0 Å². The Morgan fingerprint density at radius 2 is 1.80 bits per heavy atom. The van der Waals surface area contributed by atoms with E-state index in [1.54, 1.807) is 0 Å². The molecule has 20 heavy (non-hydrogen) atoms. The quantitative estimate of drug-likeness (QED) is 0.892. The minimum absolute atomic E-state index is 0.339. The summed E-state index contributed by atoms with van der Waals surface area (Å²) in [5, 5.41) is 9.61. The first-order valence-corrected chi connectivity index (χ1v) is 7.76. The van der Waals surface area contributed by atoms with Crippen molar-refractivity contribution in [1.82, 2.24) is 4.90 Å². The Labute approximate surface area is 128 Å². The zero-order chi connectivity index (χ0) is 14.7. The largest absolute Gasteiger partial charge is 0.486 e. The highest BCUT2D eigenvalue weighted by atomic mass is 79.9. The van der Waals surface area contributed by atoms with Crippen LogP contribution in [-0.4, -0.2) is 41.9 Å². The Hall–Kier alpha value is -0.780. The van der Waals surface area contributed by atoms with Crippen LogP contribution in [0.3, 0.4) is 0 Å². The predicted molar refractivity (Wildman–Crippen MR) is 82.4 cm³/mol. The van der Waals surface area contributed by atoms with Crippen LogP contribution < -0.4 is 9.47 Å². The van der Waals surface area contributed by atoms with Crippen molar-refractivity contribution in [2.24, 2.45) is 0 Å². The fourth-order valence-corrected chi connectivity index (χ4v) is 2.69. The summed E-state index contributed by atoms with van der Waals surface area (Å²) in [6.07, 6.45) is -0.339. The number of fused-ring (bicyclic) bond motifs is 1. The van der Waals surface area contributed by atoms with Gasteiger partial charge in [0.05, 0.1) is 6.10 Å². The van der Waals surface area contributed by atoms with Crippen molar-refractivity contribution in [2.75, 3.05) is 19.8 Å². The summed E-state index contributed by atoms with van der Waals surface area (Å²) in [5.41, 5.74) is 1.14. The summed E-state index contributed by atoms with van der Waals surface area (Å²) < 4.78 is 12.2. The van der Waals surface area contributed by atoms with E-state index < -0.39 is 0 Å². The second kappa shape index (κ2) is 6.78. The lowest BCUT2D eigenvalue weighted by Crippen LogP contribution is -2.36. The van der Waals surface area contributed by atoms with Crippen LogP contribution in [0.4, 0.5) is 0 Å². The molecule has 4 nitrogen and oxygen atoms in total. The number of rotatable bonds is 5. The normalized spacial score (nSPS) is 15.8. The van der Waals surface area contributed by atoms with Crippen molar-refractivity contribution in [3.8, 4) is 11.5 Å². The van der Waals surface area contributed by atoms with E-state index in [9.17, 15) is 5.11 Å². The third kappa shape index (κ3) is 3.87. The molecule has 1 aromatic carbocycles. The molecule has 0 saturated heterocycles. The number of hydrogen-bond acceptors (Lipinski definition) is 4. The zero-order valence-electron chi connectivity index (χ0n) is 12.2. The summed E-state index contributed by atoms with van der Waals surface area (Å²) in [6.45, 7) is 8.68. The molecular formula is C15H22BrNO3. The molecule has 1 aliphatic heterocycles. The first kappa shape index (κ1) is 15.6. The SMILES string of the molecule is CC(O)CN(Cc1cc2c(cc1Br)OCCO2)C(C)C. The van der Waals surface area contributed by atoms with Gasteiger partial charge in [-0.25, -0.2) is 0 Å². The standard InChI is InChI=1S/C15H22BrNO3/c1-10(2)17(8-11(3)18)9-12-6-14-15(7-13(12)16)20-5-4-19-14/h6-7,10-11,18H,4-5,8-9H2,1-3H3. The summed E-state index contributed by atoms with van der Waals surface area (Å²) in [5.74, 6) is 1.59. The molecule has 1 unspecified atom stereocenters. The van der Waals surface area contributed by atoms with Crippen LogP contribution in [0.15, 0.2) is 16.6 Å². The van der Waals surface area contributed by atoms with Crippen molar-refractivity contribution in [2.45, 2.75) is 39.5 Å². The van der Waals surface area contributed by atoms with Crippen LogP contribution in [-0.2, 0) is 6.54 Å². The van der Waals surface area contributed by atoms with E-state index in [1.165, 1.54) is 0 Å². The minimum atomic E-state index is -0.339. The van der Waals surface area contributed by atoms with Crippen molar-refractivity contribution in [3.05, 3.63) is 22.2 Å². The maximum atomic E-state index is 9.61. The third-order valence-electron chi connectivity index (χ3n) is 3.31. The van der Waals surface area contributed by atoms with Gasteiger partial charge in [-0.05, 0) is 38.5 Å². The van der Waals surface area contributed by atoms with Crippen LogP contribution >= 0.6 is 15.9 Å². The van der Waals surface area contributed by atoms with Gasteiger partial charge in [-0.3, -0.25) is 4.90 Å². The molecule has 1 N–H and O–H groups in total. The Morgan fingerprint density at radius 1 is 1.20 bits per heavy atom. The molecule has 0 spiro atoms. The zero-order valence-corrected chi connectivity index (χ0v) is 13.8. The molecule has 0 radical (unpaired) electrons. The number of nitrogens with zero attached hydrogens (tertiary/aromatic N) is 1. The average Bonchev–Trinajstić information content (AvgIpc) is 2.38. The Balaban J connectivity index is 2.19. The second-order valence-corrected chi connectivity index (χ2v) is 6.31. The monoisotopic (exact) mass is 343 g/mol. The lowest BCUT2D eigenvalue weighted by molar-refractivity contribution is 0.102. The van der Waals surface area contributed by atoms with E-state index >= 15 is 0 Å². The lowest BCUT2D eigenvalue weighted by atomic mass is 10.1. The van der Waals surface area contributed by atoms with Gasteiger partial charge in [-0.2, -0.15) is 0 Å². The van der Waals surface area contributed by atoms with E-state index in [4.69, 9.17) is 9.47 Å². The second-order valence-electron chi connectivity index (χ2n) is 5.46. The number of hydrogen-bond donors (Lipinski definition) is 1. The Bertz CT molecular complexity index is 463. The van der Waals surface area contributed by atoms with E-state index in [0.717, 1.165) is 28.1 Å². The summed E-state index contributed by atoms with van der Waals surface area (Å²) >= 11 is 3.59. The number of aliphatic hydroxyl groups is 1. The van der Waals surface area contributed by atoms with Gasteiger partial charge in [0.1, 0.15) is 13.2 Å². The third-order valence-corrected chi connectivity index (χ3v) is 4.05. The Morgan fingerprint density at radius 3 is 2.35 bits per heavy atom. The molecule has 1 aliphatic rings. The molecule has 2 rings (SSSR count).